The highest BCUT2D eigenvalue weighted by Gasteiger charge is 2.18. The third-order valence-electron chi connectivity index (χ3n) is 2.21. The second-order valence-corrected chi connectivity index (χ2v) is 3.64. The average Bonchev–Trinajstić information content (AvgIpc) is 3.06. The molecule has 1 aliphatic carbocycles. The van der Waals surface area contributed by atoms with E-state index in [9.17, 15) is 0 Å². The minimum absolute atomic E-state index is 0.569. The molecule has 15 heavy (non-hydrogen) atoms. The van der Waals surface area contributed by atoms with Crippen LogP contribution >= 0.6 is 0 Å². The van der Waals surface area contributed by atoms with Crippen LogP contribution in [0.15, 0.2) is 23.2 Å². The van der Waals surface area contributed by atoms with Crippen LogP contribution in [-0.4, -0.2) is 12.3 Å². The van der Waals surface area contributed by atoms with Crippen LogP contribution in [-0.2, 0) is 0 Å². The number of anilines is 1. The molecule has 0 spiro atoms. The van der Waals surface area contributed by atoms with Gasteiger partial charge in [0, 0.05) is 17.5 Å². The van der Waals surface area contributed by atoms with Gasteiger partial charge in [0.1, 0.15) is 0 Å². The number of hydrogen-bond donors (Lipinski definition) is 1. The molecule has 0 atom stereocenters. The van der Waals surface area contributed by atoms with Crippen molar-refractivity contribution in [1.82, 2.24) is 0 Å². The maximum absolute atomic E-state index is 5.80. The van der Waals surface area contributed by atoms with Crippen LogP contribution in [0.2, 0.25) is 0 Å². The van der Waals surface area contributed by atoms with E-state index in [-0.39, 0.29) is 0 Å². The number of nitrogen functional groups attached to an aromatic ring is 1. The molecule has 1 aromatic rings. The zero-order valence-electron chi connectivity index (χ0n) is 9.83. The molecular formula is C13H20N2. The fourth-order valence-corrected chi connectivity index (χ4v) is 1.22. The van der Waals surface area contributed by atoms with Crippen molar-refractivity contribution in [3.63, 3.8) is 0 Å². The zero-order chi connectivity index (χ0) is 11.3. The molecule has 0 aromatic heterocycles. The summed E-state index contributed by atoms with van der Waals surface area (Å²) in [6.07, 6.45) is 4.38. The SMILES string of the molecule is CC.Cc1ccc(N)c(C=NC2CC2)c1. The molecule has 1 aliphatic rings. The van der Waals surface area contributed by atoms with Crippen molar-refractivity contribution in [2.45, 2.75) is 39.7 Å². The van der Waals surface area contributed by atoms with Gasteiger partial charge in [0.05, 0.1) is 6.04 Å². The normalized spacial score (nSPS) is 14.9. The van der Waals surface area contributed by atoms with Gasteiger partial charge < -0.3 is 5.73 Å². The molecule has 2 heteroatoms. The van der Waals surface area contributed by atoms with Gasteiger partial charge >= 0.3 is 0 Å². The second kappa shape index (κ2) is 5.54. The smallest absolute Gasteiger partial charge is 0.0501 e. The summed E-state index contributed by atoms with van der Waals surface area (Å²) in [5.41, 5.74) is 8.90. The number of nitrogens with zero attached hydrogens (tertiary/aromatic N) is 1. The van der Waals surface area contributed by atoms with Crippen LogP contribution in [0, 0.1) is 6.92 Å². The Morgan fingerprint density at radius 1 is 1.33 bits per heavy atom. The quantitative estimate of drug-likeness (QED) is 0.583. The number of aliphatic imine (C=N–C) groups is 1. The lowest BCUT2D eigenvalue weighted by Gasteiger charge is -2.00. The maximum atomic E-state index is 5.80. The Labute approximate surface area is 92.2 Å². The molecule has 82 valence electrons. The van der Waals surface area contributed by atoms with Crippen LogP contribution in [0.25, 0.3) is 0 Å². The largest absolute Gasteiger partial charge is 0.398 e. The van der Waals surface area contributed by atoms with Crippen molar-refractivity contribution >= 4 is 11.9 Å². The monoisotopic (exact) mass is 204 g/mol. The van der Waals surface area contributed by atoms with Gasteiger partial charge in [0.15, 0.2) is 0 Å². The van der Waals surface area contributed by atoms with Gasteiger partial charge in [-0.05, 0) is 31.9 Å². The van der Waals surface area contributed by atoms with Gasteiger partial charge in [0.2, 0.25) is 0 Å². The minimum Gasteiger partial charge on any atom is -0.398 e. The molecular weight excluding hydrogens is 184 g/mol. The van der Waals surface area contributed by atoms with Crippen molar-refractivity contribution in [3.05, 3.63) is 29.3 Å². The van der Waals surface area contributed by atoms with E-state index in [1.807, 2.05) is 32.2 Å². The standard InChI is InChI=1S/C11H14N2.C2H6/c1-8-2-5-11(12)9(6-8)7-13-10-3-4-10;1-2/h2,5-7,10H,3-4,12H2,1H3;1-2H3. The van der Waals surface area contributed by atoms with Gasteiger partial charge in [-0.1, -0.05) is 25.5 Å². The molecule has 1 fully saturated rings. The molecule has 0 unspecified atom stereocenters. The minimum atomic E-state index is 0.569. The Morgan fingerprint density at radius 3 is 2.60 bits per heavy atom. The van der Waals surface area contributed by atoms with Crippen molar-refractivity contribution in [2.75, 3.05) is 5.73 Å². The summed E-state index contributed by atoms with van der Waals surface area (Å²) < 4.78 is 0. The molecule has 0 amide bonds. The van der Waals surface area contributed by atoms with Gasteiger partial charge in [-0.3, -0.25) is 4.99 Å². The van der Waals surface area contributed by atoms with Gasteiger partial charge in [-0.15, -0.1) is 0 Å². The van der Waals surface area contributed by atoms with Crippen molar-refractivity contribution in [3.8, 4) is 0 Å². The maximum Gasteiger partial charge on any atom is 0.0501 e. The Hall–Kier alpha value is -1.31. The number of benzene rings is 1. The Balaban J connectivity index is 0.000000531. The van der Waals surface area contributed by atoms with Crippen LogP contribution in [0.4, 0.5) is 5.69 Å². The molecule has 1 saturated carbocycles. The predicted molar refractivity (Wildman–Crippen MR) is 67.6 cm³/mol. The van der Waals surface area contributed by atoms with Gasteiger partial charge in [-0.2, -0.15) is 0 Å². The predicted octanol–water partition coefficient (Wildman–Crippen LogP) is 3.18. The van der Waals surface area contributed by atoms with E-state index in [2.05, 4.69) is 18.0 Å². The van der Waals surface area contributed by atoms with E-state index in [4.69, 9.17) is 5.73 Å². The summed E-state index contributed by atoms with van der Waals surface area (Å²) in [6, 6.07) is 6.59. The molecule has 0 bridgehead atoms. The third-order valence-corrected chi connectivity index (χ3v) is 2.21. The molecule has 0 saturated heterocycles. The summed E-state index contributed by atoms with van der Waals surface area (Å²) >= 11 is 0. The van der Waals surface area contributed by atoms with E-state index >= 15 is 0 Å². The van der Waals surface area contributed by atoms with Crippen LogP contribution in [0.3, 0.4) is 0 Å². The lowest BCUT2D eigenvalue weighted by Crippen LogP contribution is -1.94. The number of nitrogens with two attached hydrogens (primary N) is 1. The van der Waals surface area contributed by atoms with Crippen LogP contribution in [0.1, 0.15) is 37.8 Å². The summed E-state index contributed by atoms with van der Waals surface area (Å²) in [5.74, 6) is 0. The highest BCUT2D eigenvalue weighted by atomic mass is 14.8. The molecule has 2 nitrogen and oxygen atoms in total. The Kier molecular flexibility index (Phi) is 4.35. The third kappa shape index (κ3) is 3.74. The van der Waals surface area contributed by atoms with E-state index in [0.717, 1.165) is 11.3 Å². The Morgan fingerprint density at radius 2 is 2.00 bits per heavy atom. The first kappa shape index (κ1) is 11.8. The number of aryl methyl sites for hydroxylation is 1. The summed E-state index contributed by atoms with van der Waals surface area (Å²) in [7, 11) is 0. The molecule has 1 aromatic carbocycles. The first-order valence-corrected chi connectivity index (χ1v) is 5.65. The topological polar surface area (TPSA) is 38.4 Å². The Bertz CT molecular complexity index is 338. The molecule has 2 rings (SSSR count). The summed E-state index contributed by atoms with van der Waals surface area (Å²) in [5, 5.41) is 0. The fourth-order valence-electron chi connectivity index (χ4n) is 1.22. The van der Waals surface area contributed by atoms with Crippen molar-refractivity contribution in [1.29, 1.82) is 0 Å². The van der Waals surface area contributed by atoms with Crippen molar-refractivity contribution < 1.29 is 0 Å². The lowest BCUT2D eigenvalue weighted by molar-refractivity contribution is 1.08. The van der Waals surface area contributed by atoms with E-state index in [1.54, 1.807) is 0 Å². The van der Waals surface area contributed by atoms with E-state index in [1.165, 1.54) is 18.4 Å². The highest BCUT2D eigenvalue weighted by molar-refractivity contribution is 5.87. The number of rotatable bonds is 2. The summed E-state index contributed by atoms with van der Waals surface area (Å²) in [4.78, 5) is 4.40. The molecule has 2 N–H and O–H groups in total. The van der Waals surface area contributed by atoms with Crippen molar-refractivity contribution in [2.24, 2.45) is 4.99 Å². The highest BCUT2D eigenvalue weighted by Crippen LogP contribution is 2.23. The lowest BCUT2D eigenvalue weighted by atomic mass is 10.1. The first-order valence-electron chi connectivity index (χ1n) is 5.65. The summed E-state index contributed by atoms with van der Waals surface area (Å²) in [6.45, 7) is 6.06. The molecule has 0 radical (unpaired) electrons. The van der Waals surface area contributed by atoms with Gasteiger partial charge in [-0.25, -0.2) is 0 Å². The molecule has 0 aliphatic heterocycles. The first-order chi connectivity index (χ1) is 7.25. The number of hydrogen-bond acceptors (Lipinski definition) is 2. The zero-order valence-corrected chi connectivity index (χ0v) is 9.83. The van der Waals surface area contributed by atoms with Crippen LogP contribution < -0.4 is 5.73 Å². The van der Waals surface area contributed by atoms with Crippen LogP contribution in [0.5, 0.6) is 0 Å². The second-order valence-electron chi connectivity index (χ2n) is 3.64. The average molecular weight is 204 g/mol. The van der Waals surface area contributed by atoms with Gasteiger partial charge in [0.25, 0.3) is 0 Å². The molecule has 0 heterocycles. The van der Waals surface area contributed by atoms with E-state index in [0.29, 0.717) is 6.04 Å². The fraction of sp³-hybridized carbons (Fsp3) is 0.462. The van der Waals surface area contributed by atoms with E-state index < -0.39 is 0 Å².